The number of hydrogen-bond acceptors (Lipinski definition) is 3. The zero-order valence-corrected chi connectivity index (χ0v) is 7.66. The molecule has 0 aromatic rings. The van der Waals surface area contributed by atoms with Crippen molar-refractivity contribution in [2.45, 2.75) is 19.9 Å². The maximum absolute atomic E-state index is 10.8. The second-order valence-corrected chi connectivity index (χ2v) is 2.68. The standard InChI is InChI=1S/C7H17N3O/c1-5-10(9(3)4)6(2)7(8)11/h6H,5H2,1-4H3,(H2,8,11). The number of carbonyl (C=O) groups excluding carboxylic acids is 1. The van der Waals surface area contributed by atoms with Crippen LogP contribution in [0.15, 0.2) is 0 Å². The van der Waals surface area contributed by atoms with Crippen LogP contribution in [0.2, 0.25) is 0 Å². The van der Waals surface area contributed by atoms with Gasteiger partial charge >= 0.3 is 0 Å². The molecule has 0 aliphatic rings. The molecule has 0 radical (unpaired) electrons. The molecule has 0 bridgehead atoms. The van der Waals surface area contributed by atoms with E-state index < -0.39 is 0 Å². The monoisotopic (exact) mass is 159 g/mol. The third kappa shape index (κ3) is 2.86. The Morgan fingerprint density at radius 3 is 2.09 bits per heavy atom. The minimum atomic E-state index is -0.291. The van der Waals surface area contributed by atoms with Crippen molar-refractivity contribution in [3.8, 4) is 0 Å². The molecule has 0 rings (SSSR count). The van der Waals surface area contributed by atoms with E-state index in [0.717, 1.165) is 6.54 Å². The Morgan fingerprint density at radius 2 is 2.00 bits per heavy atom. The fourth-order valence-corrected chi connectivity index (χ4v) is 1.05. The number of rotatable bonds is 4. The molecule has 4 nitrogen and oxygen atoms in total. The summed E-state index contributed by atoms with van der Waals surface area (Å²) in [5.41, 5.74) is 5.14. The van der Waals surface area contributed by atoms with Crippen molar-refractivity contribution in [2.75, 3.05) is 20.6 Å². The highest BCUT2D eigenvalue weighted by Gasteiger charge is 2.18. The average Bonchev–Trinajstić information content (AvgIpc) is 1.88. The zero-order chi connectivity index (χ0) is 9.02. The average molecular weight is 159 g/mol. The molecule has 0 saturated heterocycles. The predicted octanol–water partition coefficient (Wildman–Crippen LogP) is -0.341. The van der Waals surface area contributed by atoms with Gasteiger partial charge in [-0.25, -0.2) is 10.0 Å². The van der Waals surface area contributed by atoms with Crippen LogP contribution in [0.3, 0.4) is 0 Å². The van der Waals surface area contributed by atoms with Gasteiger partial charge in [-0.1, -0.05) is 6.92 Å². The highest BCUT2D eigenvalue weighted by molar-refractivity contribution is 5.79. The second-order valence-electron chi connectivity index (χ2n) is 2.68. The van der Waals surface area contributed by atoms with E-state index in [1.54, 1.807) is 6.92 Å². The summed E-state index contributed by atoms with van der Waals surface area (Å²) in [4.78, 5) is 10.8. The van der Waals surface area contributed by atoms with Crippen molar-refractivity contribution in [1.82, 2.24) is 10.0 Å². The summed E-state index contributed by atoms with van der Waals surface area (Å²) in [5.74, 6) is -0.291. The summed E-state index contributed by atoms with van der Waals surface area (Å²) in [7, 11) is 3.78. The summed E-state index contributed by atoms with van der Waals surface area (Å²) in [5, 5.41) is 3.76. The van der Waals surface area contributed by atoms with E-state index >= 15 is 0 Å². The largest absolute Gasteiger partial charge is 0.368 e. The highest BCUT2D eigenvalue weighted by atomic mass is 16.1. The maximum atomic E-state index is 10.8. The van der Waals surface area contributed by atoms with Crippen molar-refractivity contribution < 1.29 is 4.79 Å². The van der Waals surface area contributed by atoms with E-state index in [-0.39, 0.29) is 11.9 Å². The molecule has 4 heteroatoms. The number of nitrogens with two attached hydrogens (primary N) is 1. The SMILES string of the molecule is CCN(C(C)C(N)=O)N(C)C. The van der Waals surface area contributed by atoms with Crippen molar-refractivity contribution in [3.63, 3.8) is 0 Å². The summed E-state index contributed by atoms with van der Waals surface area (Å²) in [6, 6.07) is -0.227. The minimum Gasteiger partial charge on any atom is -0.368 e. The van der Waals surface area contributed by atoms with Gasteiger partial charge in [0.25, 0.3) is 0 Å². The van der Waals surface area contributed by atoms with Crippen LogP contribution in [0, 0.1) is 0 Å². The third-order valence-electron chi connectivity index (χ3n) is 1.70. The van der Waals surface area contributed by atoms with Gasteiger partial charge in [0.05, 0.1) is 0 Å². The van der Waals surface area contributed by atoms with Gasteiger partial charge < -0.3 is 5.73 Å². The number of hydrogen-bond donors (Lipinski definition) is 1. The number of amides is 1. The molecule has 0 heterocycles. The number of primary amides is 1. The molecular weight excluding hydrogens is 142 g/mol. The van der Waals surface area contributed by atoms with Crippen LogP contribution in [0.5, 0.6) is 0 Å². The molecule has 0 fully saturated rings. The van der Waals surface area contributed by atoms with Crippen LogP contribution in [0.25, 0.3) is 0 Å². The first-order valence-electron chi connectivity index (χ1n) is 3.73. The molecule has 1 atom stereocenters. The lowest BCUT2D eigenvalue weighted by molar-refractivity contribution is -0.128. The molecule has 1 amide bonds. The smallest absolute Gasteiger partial charge is 0.235 e. The Kier molecular flexibility index (Phi) is 4.07. The molecule has 0 spiro atoms. The second kappa shape index (κ2) is 4.31. The van der Waals surface area contributed by atoms with Crippen LogP contribution < -0.4 is 5.73 Å². The first-order chi connectivity index (χ1) is 5.00. The van der Waals surface area contributed by atoms with Gasteiger partial charge in [-0.15, -0.1) is 0 Å². The Bertz CT molecular complexity index is 136. The Hall–Kier alpha value is -0.610. The molecular formula is C7H17N3O. The van der Waals surface area contributed by atoms with Gasteiger partial charge in [-0.2, -0.15) is 0 Å². The van der Waals surface area contributed by atoms with Crippen LogP contribution >= 0.6 is 0 Å². The first kappa shape index (κ1) is 10.4. The lowest BCUT2D eigenvalue weighted by atomic mass is 10.3. The van der Waals surface area contributed by atoms with Gasteiger partial charge in [0.1, 0.15) is 6.04 Å². The number of hydrazine groups is 1. The van der Waals surface area contributed by atoms with Crippen LogP contribution in [0.1, 0.15) is 13.8 Å². The van der Waals surface area contributed by atoms with E-state index in [4.69, 9.17) is 5.73 Å². The lowest BCUT2D eigenvalue weighted by Gasteiger charge is -2.31. The van der Waals surface area contributed by atoms with Crippen LogP contribution in [-0.2, 0) is 4.79 Å². The predicted molar refractivity (Wildman–Crippen MR) is 44.7 cm³/mol. The summed E-state index contributed by atoms with van der Waals surface area (Å²) < 4.78 is 0. The molecule has 11 heavy (non-hydrogen) atoms. The molecule has 0 aromatic heterocycles. The van der Waals surface area contributed by atoms with Crippen LogP contribution in [-0.4, -0.2) is 42.6 Å². The molecule has 2 N–H and O–H groups in total. The Balaban J connectivity index is 4.13. The maximum Gasteiger partial charge on any atom is 0.235 e. The molecule has 0 saturated carbocycles. The van der Waals surface area contributed by atoms with Crippen molar-refractivity contribution in [2.24, 2.45) is 5.73 Å². The van der Waals surface area contributed by atoms with Crippen LogP contribution in [0.4, 0.5) is 0 Å². The third-order valence-corrected chi connectivity index (χ3v) is 1.70. The molecule has 1 unspecified atom stereocenters. The Morgan fingerprint density at radius 1 is 1.55 bits per heavy atom. The van der Waals surface area contributed by atoms with Gasteiger partial charge in [-0.3, -0.25) is 4.79 Å². The topological polar surface area (TPSA) is 49.6 Å². The van der Waals surface area contributed by atoms with Gasteiger partial charge in [0.15, 0.2) is 0 Å². The van der Waals surface area contributed by atoms with Gasteiger partial charge in [0, 0.05) is 20.6 Å². The van der Waals surface area contributed by atoms with Crippen molar-refractivity contribution in [1.29, 1.82) is 0 Å². The van der Waals surface area contributed by atoms with E-state index in [1.165, 1.54) is 0 Å². The highest BCUT2D eigenvalue weighted by Crippen LogP contribution is 1.98. The molecule has 0 aromatic carbocycles. The number of nitrogens with zero attached hydrogens (tertiary/aromatic N) is 2. The van der Waals surface area contributed by atoms with E-state index in [1.807, 2.05) is 31.0 Å². The summed E-state index contributed by atoms with van der Waals surface area (Å²) in [6.07, 6.45) is 0. The molecule has 0 aliphatic heterocycles. The molecule has 0 aliphatic carbocycles. The number of likely N-dealkylation sites (N-methyl/N-ethyl adjacent to an activating group) is 1. The summed E-state index contributed by atoms with van der Waals surface area (Å²) in [6.45, 7) is 4.57. The normalized spacial score (nSPS) is 14.0. The van der Waals surface area contributed by atoms with E-state index in [9.17, 15) is 4.79 Å². The Labute approximate surface area is 67.9 Å². The van der Waals surface area contributed by atoms with Crippen molar-refractivity contribution in [3.05, 3.63) is 0 Å². The molecule has 66 valence electrons. The minimum absolute atomic E-state index is 0.227. The zero-order valence-electron chi connectivity index (χ0n) is 7.66. The number of carbonyl (C=O) groups is 1. The fourth-order valence-electron chi connectivity index (χ4n) is 1.05. The van der Waals surface area contributed by atoms with Crippen molar-refractivity contribution >= 4 is 5.91 Å². The lowest BCUT2D eigenvalue weighted by Crippen LogP contribution is -2.49. The van der Waals surface area contributed by atoms with E-state index in [2.05, 4.69) is 0 Å². The fraction of sp³-hybridized carbons (Fsp3) is 0.857. The van der Waals surface area contributed by atoms with E-state index in [0.29, 0.717) is 0 Å². The van der Waals surface area contributed by atoms with Gasteiger partial charge in [0.2, 0.25) is 5.91 Å². The summed E-state index contributed by atoms with van der Waals surface area (Å²) >= 11 is 0. The first-order valence-corrected chi connectivity index (χ1v) is 3.73. The quantitative estimate of drug-likeness (QED) is 0.571. The van der Waals surface area contributed by atoms with Gasteiger partial charge in [-0.05, 0) is 6.92 Å².